The molecule has 19 heavy (non-hydrogen) atoms. The fraction of sp³-hybridized carbons (Fsp3) is 0.917. The molecule has 7 heteroatoms. The molecule has 1 unspecified atom stereocenters. The van der Waals surface area contributed by atoms with Crippen LogP contribution in [-0.4, -0.2) is 57.4 Å². The van der Waals surface area contributed by atoms with Gasteiger partial charge in [-0.2, -0.15) is 0 Å². The van der Waals surface area contributed by atoms with Crippen LogP contribution in [0.2, 0.25) is 0 Å². The third-order valence-corrected chi connectivity index (χ3v) is 5.20. The van der Waals surface area contributed by atoms with Crippen LogP contribution in [0.25, 0.3) is 0 Å². The molecular weight excluding hydrogens is 288 g/mol. The SMILES string of the molecule is CNCCC1CCN(C(=O)C(C)S(C)(=O)=O)CC1.Cl. The summed E-state index contributed by atoms with van der Waals surface area (Å²) in [5.74, 6) is 0.402. The monoisotopic (exact) mass is 312 g/mol. The molecule has 0 aromatic rings. The van der Waals surface area contributed by atoms with Gasteiger partial charge in [-0.05, 0) is 45.7 Å². The molecule has 0 saturated carbocycles. The predicted octanol–water partition coefficient (Wildman–Crippen LogP) is 0.689. The maximum absolute atomic E-state index is 12.0. The standard InChI is InChI=1S/C12H24N2O3S.ClH/c1-10(18(3,16)17)12(15)14-8-5-11(6-9-14)4-7-13-2;/h10-11,13H,4-9H2,1-3H3;1H. The Morgan fingerprint density at radius 1 is 1.37 bits per heavy atom. The molecule has 0 aliphatic carbocycles. The second-order valence-corrected chi connectivity index (χ2v) is 7.50. The van der Waals surface area contributed by atoms with Crippen molar-refractivity contribution in [3.63, 3.8) is 0 Å². The van der Waals surface area contributed by atoms with Gasteiger partial charge in [-0.3, -0.25) is 4.79 Å². The molecule has 0 bridgehead atoms. The highest BCUT2D eigenvalue weighted by atomic mass is 35.5. The van der Waals surface area contributed by atoms with E-state index in [0.29, 0.717) is 19.0 Å². The van der Waals surface area contributed by atoms with Gasteiger partial charge in [0.2, 0.25) is 5.91 Å². The number of sulfone groups is 1. The number of carbonyl (C=O) groups is 1. The molecule has 1 heterocycles. The average molecular weight is 313 g/mol. The van der Waals surface area contributed by atoms with Crippen LogP contribution in [0.5, 0.6) is 0 Å². The molecule has 1 N–H and O–H groups in total. The Morgan fingerprint density at radius 2 is 1.89 bits per heavy atom. The van der Waals surface area contributed by atoms with E-state index in [2.05, 4.69) is 5.32 Å². The molecule has 1 amide bonds. The summed E-state index contributed by atoms with van der Waals surface area (Å²) in [6.45, 7) is 3.85. The molecule has 0 aromatic heterocycles. The summed E-state index contributed by atoms with van der Waals surface area (Å²) in [6, 6.07) is 0. The lowest BCUT2D eigenvalue weighted by Gasteiger charge is -2.33. The van der Waals surface area contributed by atoms with Crippen LogP contribution >= 0.6 is 12.4 Å². The molecule has 1 rings (SSSR count). The van der Waals surface area contributed by atoms with Crippen molar-refractivity contribution in [2.24, 2.45) is 5.92 Å². The van der Waals surface area contributed by atoms with Crippen molar-refractivity contribution in [2.75, 3.05) is 32.9 Å². The fourth-order valence-electron chi connectivity index (χ4n) is 2.23. The summed E-state index contributed by atoms with van der Waals surface area (Å²) in [6.07, 6.45) is 4.20. The first kappa shape index (κ1) is 18.7. The van der Waals surface area contributed by atoms with Crippen LogP contribution in [0.4, 0.5) is 0 Å². The van der Waals surface area contributed by atoms with Crippen molar-refractivity contribution < 1.29 is 13.2 Å². The van der Waals surface area contributed by atoms with Crippen LogP contribution in [-0.2, 0) is 14.6 Å². The quantitative estimate of drug-likeness (QED) is 0.811. The zero-order valence-electron chi connectivity index (χ0n) is 11.9. The lowest BCUT2D eigenvalue weighted by Crippen LogP contribution is -2.45. The Kier molecular flexibility index (Phi) is 7.93. The summed E-state index contributed by atoms with van der Waals surface area (Å²) in [5, 5.41) is 2.22. The number of carbonyl (C=O) groups excluding carboxylic acids is 1. The van der Waals surface area contributed by atoms with Gasteiger partial charge in [-0.1, -0.05) is 0 Å². The Labute approximate surface area is 122 Å². The van der Waals surface area contributed by atoms with Gasteiger partial charge in [-0.15, -0.1) is 12.4 Å². The van der Waals surface area contributed by atoms with E-state index in [1.165, 1.54) is 6.92 Å². The van der Waals surface area contributed by atoms with E-state index >= 15 is 0 Å². The molecule has 1 fully saturated rings. The van der Waals surface area contributed by atoms with Crippen LogP contribution < -0.4 is 5.32 Å². The van der Waals surface area contributed by atoms with Gasteiger partial charge in [0.1, 0.15) is 5.25 Å². The predicted molar refractivity (Wildman–Crippen MR) is 79.4 cm³/mol. The van der Waals surface area contributed by atoms with Crippen molar-refractivity contribution in [1.82, 2.24) is 10.2 Å². The third kappa shape index (κ3) is 5.67. The van der Waals surface area contributed by atoms with E-state index in [9.17, 15) is 13.2 Å². The number of halogens is 1. The minimum Gasteiger partial charge on any atom is -0.342 e. The Balaban J connectivity index is 0.00000324. The minimum absolute atomic E-state index is 0. The number of rotatable bonds is 5. The molecular formula is C12H25ClN2O3S. The largest absolute Gasteiger partial charge is 0.342 e. The maximum Gasteiger partial charge on any atom is 0.240 e. The van der Waals surface area contributed by atoms with Crippen LogP contribution in [0.15, 0.2) is 0 Å². The molecule has 5 nitrogen and oxygen atoms in total. The summed E-state index contributed by atoms with van der Waals surface area (Å²) < 4.78 is 22.7. The fourth-order valence-corrected chi connectivity index (χ4v) is 2.75. The Morgan fingerprint density at radius 3 is 2.32 bits per heavy atom. The lowest BCUT2D eigenvalue weighted by molar-refractivity contribution is -0.131. The van der Waals surface area contributed by atoms with Crippen molar-refractivity contribution in [3.05, 3.63) is 0 Å². The highest BCUT2D eigenvalue weighted by Gasteiger charge is 2.30. The van der Waals surface area contributed by atoms with Crippen molar-refractivity contribution in [2.45, 2.75) is 31.4 Å². The molecule has 1 aliphatic heterocycles. The Bertz CT molecular complexity index is 378. The number of likely N-dealkylation sites (tertiary alicyclic amines) is 1. The topological polar surface area (TPSA) is 66.5 Å². The molecule has 114 valence electrons. The lowest BCUT2D eigenvalue weighted by atomic mass is 9.93. The average Bonchev–Trinajstić information content (AvgIpc) is 2.34. The van der Waals surface area contributed by atoms with E-state index in [1.54, 1.807) is 4.90 Å². The zero-order chi connectivity index (χ0) is 13.8. The normalized spacial score (nSPS) is 18.8. The van der Waals surface area contributed by atoms with E-state index in [1.807, 2.05) is 7.05 Å². The zero-order valence-corrected chi connectivity index (χ0v) is 13.5. The van der Waals surface area contributed by atoms with Gasteiger partial charge < -0.3 is 10.2 Å². The summed E-state index contributed by atoms with van der Waals surface area (Å²) in [5.41, 5.74) is 0. The van der Waals surface area contributed by atoms with Crippen molar-refractivity contribution in [1.29, 1.82) is 0 Å². The molecule has 1 saturated heterocycles. The maximum atomic E-state index is 12.0. The minimum atomic E-state index is -3.28. The second-order valence-electron chi connectivity index (χ2n) is 5.13. The van der Waals surface area contributed by atoms with Crippen LogP contribution in [0.1, 0.15) is 26.2 Å². The molecule has 0 aromatic carbocycles. The third-order valence-electron chi connectivity index (χ3n) is 3.72. The first-order valence-corrected chi connectivity index (χ1v) is 8.44. The molecule has 1 atom stereocenters. The number of hydrogen-bond acceptors (Lipinski definition) is 4. The number of nitrogens with zero attached hydrogens (tertiary/aromatic N) is 1. The highest BCUT2D eigenvalue weighted by Crippen LogP contribution is 2.21. The van der Waals surface area contributed by atoms with Crippen molar-refractivity contribution >= 4 is 28.2 Å². The van der Waals surface area contributed by atoms with Gasteiger partial charge in [0.15, 0.2) is 9.84 Å². The summed E-state index contributed by atoms with van der Waals surface area (Å²) in [7, 11) is -1.34. The number of piperidine rings is 1. The van der Waals surface area contributed by atoms with Gasteiger partial charge in [0, 0.05) is 19.3 Å². The van der Waals surface area contributed by atoms with E-state index in [4.69, 9.17) is 0 Å². The van der Waals surface area contributed by atoms with Gasteiger partial charge in [-0.25, -0.2) is 8.42 Å². The first-order valence-electron chi connectivity index (χ1n) is 6.48. The summed E-state index contributed by atoms with van der Waals surface area (Å²) >= 11 is 0. The van der Waals surface area contributed by atoms with Gasteiger partial charge in [0.05, 0.1) is 0 Å². The highest BCUT2D eigenvalue weighted by molar-refractivity contribution is 7.92. The smallest absolute Gasteiger partial charge is 0.240 e. The summed E-state index contributed by atoms with van der Waals surface area (Å²) in [4.78, 5) is 13.7. The van der Waals surface area contributed by atoms with Crippen molar-refractivity contribution in [3.8, 4) is 0 Å². The van der Waals surface area contributed by atoms with Gasteiger partial charge >= 0.3 is 0 Å². The number of nitrogens with one attached hydrogen (secondary N) is 1. The molecule has 1 aliphatic rings. The number of hydrogen-bond donors (Lipinski definition) is 1. The van der Waals surface area contributed by atoms with Crippen LogP contribution in [0, 0.1) is 5.92 Å². The van der Waals surface area contributed by atoms with E-state index in [-0.39, 0.29) is 18.3 Å². The molecule has 0 spiro atoms. The number of amides is 1. The molecule has 0 radical (unpaired) electrons. The van der Waals surface area contributed by atoms with Crippen LogP contribution in [0.3, 0.4) is 0 Å². The van der Waals surface area contributed by atoms with Gasteiger partial charge in [0.25, 0.3) is 0 Å². The first-order chi connectivity index (χ1) is 8.36. The van der Waals surface area contributed by atoms with E-state index < -0.39 is 15.1 Å². The Hall–Kier alpha value is -0.330. The van der Waals surface area contributed by atoms with E-state index in [0.717, 1.165) is 32.1 Å². The second kappa shape index (κ2) is 8.07.